The lowest BCUT2D eigenvalue weighted by Gasteiger charge is -1.98. The molecule has 0 saturated heterocycles. The molecule has 0 radical (unpaired) electrons. The highest BCUT2D eigenvalue weighted by Gasteiger charge is 2.22. The van der Waals surface area contributed by atoms with E-state index in [9.17, 15) is 4.79 Å². The average Bonchev–Trinajstić information content (AvgIpc) is 2.09. The summed E-state index contributed by atoms with van der Waals surface area (Å²) < 4.78 is 0. The predicted molar refractivity (Wildman–Crippen MR) is 41.7 cm³/mol. The van der Waals surface area contributed by atoms with Crippen LogP contribution in [0.15, 0.2) is 23.3 Å². The Hall–Kier alpha value is -0.850. The van der Waals surface area contributed by atoms with Crippen molar-refractivity contribution in [3.05, 3.63) is 23.3 Å². The summed E-state index contributed by atoms with van der Waals surface area (Å²) in [5.74, 6) is 0.549. The van der Waals surface area contributed by atoms with Gasteiger partial charge in [0.2, 0.25) is 0 Å². The Kier molecular flexibility index (Phi) is 1.75. The van der Waals surface area contributed by atoms with Crippen LogP contribution in [0.25, 0.3) is 0 Å². The van der Waals surface area contributed by atoms with Crippen LogP contribution < -0.4 is 0 Å². The van der Waals surface area contributed by atoms with Gasteiger partial charge in [-0.3, -0.25) is 4.79 Å². The van der Waals surface area contributed by atoms with Gasteiger partial charge in [0.15, 0.2) is 5.78 Å². The van der Waals surface area contributed by atoms with E-state index in [1.54, 1.807) is 0 Å². The fraction of sp³-hybridized carbons (Fsp3) is 0.444. The molecule has 1 aliphatic carbocycles. The van der Waals surface area contributed by atoms with Gasteiger partial charge in [-0.2, -0.15) is 0 Å². The van der Waals surface area contributed by atoms with Crippen molar-refractivity contribution in [3.8, 4) is 0 Å². The molecular formula is C9H12O. The van der Waals surface area contributed by atoms with Crippen LogP contribution in [0.1, 0.15) is 20.8 Å². The van der Waals surface area contributed by atoms with Crippen LogP contribution in [0.4, 0.5) is 0 Å². The van der Waals surface area contributed by atoms with Crippen molar-refractivity contribution in [1.82, 2.24) is 0 Å². The van der Waals surface area contributed by atoms with E-state index in [4.69, 9.17) is 0 Å². The molecule has 0 saturated carbocycles. The smallest absolute Gasteiger partial charge is 0.184 e. The van der Waals surface area contributed by atoms with Crippen LogP contribution in [-0.2, 0) is 4.79 Å². The molecule has 0 aliphatic heterocycles. The van der Waals surface area contributed by atoms with Crippen molar-refractivity contribution in [2.24, 2.45) is 5.92 Å². The Labute approximate surface area is 61.4 Å². The van der Waals surface area contributed by atoms with Crippen LogP contribution >= 0.6 is 0 Å². The van der Waals surface area contributed by atoms with Crippen molar-refractivity contribution >= 4 is 5.78 Å². The molecule has 1 atom stereocenters. The first kappa shape index (κ1) is 7.26. The Morgan fingerprint density at radius 1 is 1.60 bits per heavy atom. The van der Waals surface area contributed by atoms with Gasteiger partial charge < -0.3 is 0 Å². The second kappa shape index (κ2) is 2.41. The number of hydrogen-bond acceptors (Lipinski definition) is 1. The van der Waals surface area contributed by atoms with Gasteiger partial charge in [-0.05, 0) is 19.4 Å². The second-order valence-electron chi connectivity index (χ2n) is 2.71. The van der Waals surface area contributed by atoms with Gasteiger partial charge in [0, 0.05) is 11.5 Å². The maximum absolute atomic E-state index is 11.2. The van der Waals surface area contributed by atoms with Crippen molar-refractivity contribution in [3.63, 3.8) is 0 Å². The van der Waals surface area contributed by atoms with Crippen LogP contribution in [0, 0.1) is 5.92 Å². The van der Waals surface area contributed by atoms with Crippen LogP contribution in [0.5, 0.6) is 0 Å². The Balaban J connectivity index is 2.98. The molecule has 0 N–H and O–H groups in total. The molecule has 0 aromatic carbocycles. The lowest BCUT2D eigenvalue weighted by atomic mass is 10.0. The molecule has 0 spiro atoms. The highest BCUT2D eigenvalue weighted by Crippen LogP contribution is 2.25. The predicted octanol–water partition coefficient (Wildman–Crippen LogP) is 2.10. The van der Waals surface area contributed by atoms with E-state index in [0.717, 1.165) is 11.1 Å². The second-order valence-corrected chi connectivity index (χ2v) is 2.71. The van der Waals surface area contributed by atoms with Gasteiger partial charge >= 0.3 is 0 Å². The van der Waals surface area contributed by atoms with Crippen LogP contribution in [-0.4, -0.2) is 5.78 Å². The molecule has 0 bridgehead atoms. The third-order valence-electron chi connectivity index (χ3n) is 1.92. The molecule has 54 valence electrons. The minimum atomic E-state index is 0.218. The third kappa shape index (κ3) is 0.919. The minimum absolute atomic E-state index is 0.218. The zero-order valence-corrected chi connectivity index (χ0v) is 6.64. The summed E-state index contributed by atoms with van der Waals surface area (Å²) in [6.07, 6.45) is 3.91. The normalized spacial score (nSPS) is 29.5. The van der Waals surface area contributed by atoms with Gasteiger partial charge in [0.05, 0.1) is 0 Å². The van der Waals surface area contributed by atoms with E-state index >= 15 is 0 Å². The Morgan fingerprint density at radius 3 is 2.40 bits per heavy atom. The number of ketones is 1. The fourth-order valence-electron chi connectivity index (χ4n) is 1.37. The lowest BCUT2D eigenvalue weighted by Crippen LogP contribution is -1.99. The molecule has 0 amide bonds. The van der Waals surface area contributed by atoms with Crippen LogP contribution in [0.2, 0.25) is 0 Å². The van der Waals surface area contributed by atoms with Crippen molar-refractivity contribution in [2.75, 3.05) is 0 Å². The number of carbonyl (C=O) groups excluding carboxylic acids is 1. The number of carbonyl (C=O) groups is 1. The molecule has 0 fully saturated rings. The first-order valence-corrected chi connectivity index (χ1v) is 3.56. The average molecular weight is 136 g/mol. The molecule has 0 aromatic rings. The van der Waals surface area contributed by atoms with Crippen molar-refractivity contribution < 1.29 is 4.79 Å². The zero-order valence-electron chi connectivity index (χ0n) is 6.64. The Bertz CT molecular complexity index is 221. The maximum atomic E-state index is 11.2. The Morgan fingerprint density at radius 2 is 2.20 bits per heavy atom. The summed E-state index contributed by atoms with van der Waals surface area (Å²) in [7, 11) is 0. The van der Waals surface area contributed by atoms with Gasteiger partial charge in [0.1, 0.15) is 0 Å². The molecule has 1 nitrogen and oxygen atoms in total. The quantitative estimate of drug-likeness (QED) is 0.466. The largest absolute Gasteiger partial charge is 0.289 e. The SMILES string of the molecule is C/C=C1\C(=O)C(C)=CC1C. The van der Waals surface area contributed by atoms with Gasteiger partial charge in [-0.1, -0.05) is 19.1 Å². The van der Waals surface area contributed by atoms with Gasteiger partial charge in [-0.15, -0.1) is 0 Å². The highest BCUT2D eigenvalue weighted by atomic mass is 16.1. The van der Waals surface area contributed by atoms with Crippen LogP contribution in [0.3, 0.4) is 0 Å². The molecule has 1 heteroatoms. The van der Waals surface area contributed by atoms with E-state index in [1.807, 2.05) is 32.9 Å². The topological polar surface area (TPSA) is 17.1 Å². The summed E-state index contributed by atoms with van der Waals surface area (Å²) >= 11 is 0. The zero-order chi connectivity index (χ0) is 7.72. The molecule has 0 heterocycles. The number of Topliss-reactive ketones (excluding diaryl/α,β-unsaturated/α-hetero) is 1. The first-order chi connectivity index (χ1) is 4.66. The summed E-state index contributed by atoms with van der Waals surface area (Å²) in [5, 5.41) is 0. The van der Waals surface area contributed by atoms with E-state index in [0.29, 0.717) is 5.92 Å². The number of allylic oxidation sites excluding steroid dienone is 4. The number of hydrogen-bond donors (Lipinski definition) is 0. The van der Waals surface area contributed by atoms with E-state index in [-0.39, 0.29) is 5.78 Å². The molecule has 1 unspecified atom stereocenters. The van der Waals surface area contributed by atoms with E-state index in [2.05, 4.69) is 0 Å². The molecule has 1 aliphatic rings. The highest BCUT2D eigenvalue weighted by molar-refractivity contribution is 6.10. The molecule has 1 rings (SSSR count). The van der Waals surface area contributed by atoms with Gasteiger partial charge in [0.25, 0.3) is 0 Å². The first-order valence-electron chi connectivity index (χ1n) is 3.56. The third-order valence-corrected chi connectivity index (χ3v) is 1.92. The standard InChI is InChI=1S/C9H12O/c1-4-8-6(2)5-7(3)9(8)10/h4-6H,1-3H3/b8-4-. The van der Waals surface area contributed by atoms with Gasteiger partial charge in [-0.25, -0.2) is 0 Å². The molecule has 10 heavy (non-hydrogen) atoms. The molecular weight excluding hydrogens is 124 g/mol. The van der Waals surface area contributed by atoms with E-state index in [1.165, 1.54) is 0 Å². The minimum Gasteiger partial charge on any atom is -0.289 e. The monoisotopic (exact) mass is 136 g/mol. The summed E-state index contributed by atoms with van der Waals surface area (Å²) in [4.78, 5) is 11.2. The number of rotatable bonds is 0. The maximum Gasteiger partial charge on any atom is 0.184 e. The molecule has 0 aromatic heterocycles. The summed E-state index contributed by atoms with van der Waals surface area (Å²) in [5.41, 5.74) is 1.83. The summed E-state index contributed by atoms with van der Waals surface area (Å²) in [6.45, 7) is 5.83. The summed E-state index contributed by atoms with van der Waals surface area (Å²) in [6, 6.07) is 0. The van der Waals surface area contributed by atoms with E-state index < -0.39 is 0 Å². The lowest BCUT2D eigenvalue weighted by molar-refractivity contribution is -0.112. The van der Waals surface area contributed by atoms with Crippen molar-refractivity contribution in [1.29, 1.82) is 0 Å². The fourth-order valence-corrected chi connectivity index (χ4v) is 1.37. The van der Waals surface area contributed by atoms with Crippen molar-refractivity contribution in [2.45, 2.75) is 20.8 Å².